The molecule has 0 spiro atoms. The summed E-state index contributed by atoms with van der Waals surface area (Å²) >= 11 is 12.9. The maximum absolute atomic E-state index is 6.36. The lowest BCUT2D eigenvalue weighted by atomic mass is 9.78. The highest BCUT2D eigenvalue weighted by Crippen LogP contribution is 2.43. The summed E-state index contributed by atoms with van der Waals surface area (Å²) in [7, 11) is -0.387. The second-order valence-corrected chi connectivity index (χ2v) is 28.7. The summed E-state index contributed by atoms with van der Waals surface area (Å²) in [4.78, 5) is 0. The maximum Gasteiger partial charge on any atom is 0.494 e. The fourth-order valence-corrected chi connectivity index (χ4v) is 15.4. The molecule has 4 nitrogen and oxygen atoms in total. The molecule has 17 rings (SSSR count). The van der Waals surface area contributed by atoms with Gasteiger partial charge in [0, 0.05) is 85.8 Å². The maximum atomic E-state index is 6.36. The van der Waals surface area contributed by atoms with Crippen molar-refractivity contribution in [1.29, 1.82) is 0 Å². The van der Waals surface area contributed by atoms with E-state index in [4.69, 9.17) is 9.31 Å². The van der Waals surface area contributed by atoms with Crippen LogP contribution in [0.5, 0.6) is 0 Å². The number of aromatic nitrogens is 2. The number of nitrogens with zero attached hydrogens (tertiary/aromatic N) is 2. The summed E-state index contributed by atoms with van der Waals surface area (Å²) in [6.45, 7) is 8.39. The van der Waals surface area contributed by atoms with Gasteiger partial charge in [0.1, 0.15) is 0 Å². The van der Waals surface area contributed by atoms with E-state index in [0.717, 1.165) is 20.0 Å². The van der Waals surface area contributed by atoms with Crippen LogP contribution in [0.4, 0.5) is 0 Å². The molecule has 0 amide bonds. The fourth-order valence-electron chi connectivity index (χ4n) is 12.4. The number of halogens is 3. The highest BCUT2D eigenvalue weighted by molar-refractivity contribution is 14.1. The quantitative estimate of drug-likeness (QED) is 0.123. The van der Waals surface area contributed by atoms with Crippen molar-refractivity contribution in [3.8, 4) is 44.8 Å². The Morgan fingerprint density at radius 3 is 1.22 bits per heavy atom. The van der Waals surface area contributed by atoms with Gasteiger partial charge in [-0.15, -0.1) is 22.7 Å². The van der Waals surface area contributed by atoms with Gasteiger partial charge >= 0.3 is 7.12 Å². The predicted octanol–water partition coefficient (Wildman–Crippen LogP) is 23.4. The van der Waals surface area contributed by atoms with Crippen molar-refractivity contribution in [3.63, 3.8) is 0 Å². The van der Waals surface area contributed by atoms with Crippen molar-refractivity contribution in [3.05, 3.63) is 279 Å². The Morgan fingerprint density at radius 1 is 0.330 bits per heavy atom. The largest absolute Gasteiger partial charge is 0.494 e. The Bertz CT molecular complexity index is 5320. The van der Waals surface area contributed by atoms with E-state index >= 15 is 0 Å². The topological polar surface area (TPSA) is 28.3 Å². The number of benzene rings is 12. The van der Waals surface area contributed by atoms with Gasteiger partial charge in [-0.05, 0) is 204 Å². The molecule has 12 aromatic carbocycles. The van der Waals surface area contributed by atoms with Crippen LogP contribution in [0, 0.1) is 3.57 Å². The molecule has 1 fully saturated rings. The third kappa shape index (κ3) is 10.5. The summed E-state index contributed by atoms with van der Waals surface area (Å²) in [5, 5.41) is 10.3. The van der Waals surface area contributed by atoms with E-state index in [1.165, 1.54) is 127 Å². The van der Waals surface area contributed by atoms with Crippen LogP contribution in [-0.4, -0.2) is 27.5 Å². The minimum atomic E-state index is -0.387. The highest BCUT2D eigenvalue weighted by atomic mass is 127. The van der Waals surface area contributed by atoms with Gasteiger partial charge in [-0.2, -0.15) is 0 Å². The second-order valence-electron chi connectivity index (χ2n) is 23.5. The van der Waals surface area contributed by atoms with Crippen LogP contribution < -0.4 is 5.46 Å². The van der Waals surface area contributed by atoms with Gasteiger partial charge in [0.15, 0.2) is 0 Å². The monoisotopic (exact) mass is 1410 g/mol. The molecule has 0 unspecified atom stereocenters. The average molecular weight is 1410 g/mol. The Kier molecular flexibility index (Phi) is 14.9. The van der Waals surface area contributed by atoms with Gasteiger partial charge in [-0.25, -0.2) is 0 Å². The van der Waals surface area contributed by atoms with Crippen molar-refractivity contribution in [2.24, 2.45) is 0 Å². The zero-order valence-electron chi connectivity index (χ0n) is 48.6. The van der Waals surface area contributed by atoms with Crippen molar-refractivity contribution in [1.82, 2.24) is 9.13 Å². The van der Waals surface area contributed by atoms with E-state index in [1.54, 1.807) is 0 Å². The molecule has 1 aliphatic heterocycles. The zero-order chi connectivity index (χ0) is 59.8. The third-order valence-electron chi connectivity index (χ3n) is 17.5. The summed E-state index contributed by atoms with van der Waals surface area (Å²) < 4.78 is 26.4. The lowest BCUT2D eigenvalue weighted by molar-refractivity contribution is 0.00578. The molecule has 0 aliphatic carbocycles. The summed E-state index contributed by atoms with van der Waals surface area (Å²) in [6.07, 6.45) is 0. The number of fused-ring (bicyclic) bond motifs is 12. The van der Waals surface area contributed by atoms with Crippen LogP contribution in [0.25, 0.3) is 129 Å². The molecule has 0 N–H and O–H groups in total. The number of thiophene rings is 2. The lowest BCUT2D eigenvalue weighted by Gasteiger charge is -2.32. The number of hydrogen-bond donors (Lipinski definition) is 0. The van der Waals surface area contributed by atoms with Crippen LogP contribution in [0.2, 0.25) is 0 Å². The molecule has 0 bridgehead atoms. The first kappa shape index (κ1) is 56.8. The molecule has 5 heterocycles. The number of rotatable bonds is 6. The molecule has 0 radical (unpaired) electrons. The highest BCUT2D eigenvalue weighted by Gasteiger charge is 2.51. The van der Waals surface area contributed by atoms with Gasteiger partial charge in [-0.3, -0.25) is 0 Å². The summed E-state index contributed by atoms with van der Waals surface area (Å²) in [5.74, 6) is 0. The zero-order valence-corrected chi connectivity index (χ0v) is 55.6. The minimum absolute atomic E-state index is 0.373. The van der Waals surface area contributed by atoms with Gasteiger partial charge in [-0.1, -0.05) is 184 Å². The molecule has 10 heteroatoms. The van der Waals surface area contributed by atoms with Crippen LogP contribution >= 0.6 is 77.1 Å². The average Bonchev–Trinajstić information content (AvgIpc) is 1.69. The number of para-hydroxylation sites is 2. The van der Waals surface area contributed by atoms with E-state index in [-0.39, 0.29) is 18.3 Å². The molecular weight excluding hydrogens is 1360 g/mol. The normalized spacial score (nSPS) is 13.7. The fraction of sp³-hybridized carbons (Fsp3) is 0.0769. The molecule has 0 atom stereocenters. The minimum Gasteiger partial charge on any atom is -0.399 e. The molecular formula is C78H56BBr2IN2O2S2. The Morgan fingerprint density at radius 2 is 0.716 bits per heavy atom. The van der Waals surface area contributed by atoms with Crippen molar-refractivity contribution >= 4 is 174 Å². The summed E-state index contributed by atoms with van der Waals surface area (Å²) in [5.41, 5.74) is 14.7. The van der Waals surface area contributed by atoms with Crippen LogP contribution in [0.1, 0.15) is 27.7 Å². The Hall–Kier alpha value is -7.65. The molecule has 1 aliphatic rings. The van der Waals surface area contributed by atoms with Gasteiger partial charge in [0.05, 0.1) is 33.3 Å². The predicted molar refractivity (Wildman–Crippen MR) is 394 cm³/mol. The van der Waals surface area contributed by atoms with Crippen LogP contribution in [0.15, 0.2) is 276 Å². The molecule has 1 saturated heterocycles. The molecule has 0 saturated carbocycles. The van der Waals surface area contributed by atoms with Crippen LogP contribution in [-0.2, 0) is 9.31 Å². The van der Waals surface area contributed by atoms with E-state index in [9.17, 15) is 0 Å². The van der Waals surface area contributed by atoms with Crippen molar-refractivity contribution in [2.75, 3.05) is 0 Å². The molecule has 4 aromatic heterocycles. The standard InChI is InChI=1S/C36H30BNO2S.C36H22BrNS.C6H4BrI/c1-35(2)36(3,4)40-37(39-35)25-11-9-10-23(20-25)24-16-18-28-27-12-5-7-14-31(27)38(32(28)21-24)26-17-19-34-30(22-26)29-13-6-8-15-33(29)41-34;37-27-15-12-23(13-16-27)24-6-5-7-25(20-24)26-14-18-30-29-8-1-3-10-33(29)38(34(30)21-26)28-17-19-36-32(22-28)31-9-2-4-11-35(31)39-36;7-5-1-3-6(8)4-2-5/h5-22H,1-4H3;1-22H;1-4H. The number of hydrogen-bond acceptors (Lipinski definition) is 4. The SMILES string of the molecule is Brc1ccc(-c2cccc(-c3ccc4c5ccccc5n(-c5ccc6sc7ccccc7c6c5)c4c3)c2)cc1.Brc1ccc(I)cc1.CC1(C)OB(c2cccc(-c3ccc4c5ccccc5n(-c5ccc6sc7ccccc7c6c5)c4c3)c2)OC1(C)C. The van der Waals surface area contributed by atoms with Gasteiger partial charge in [0.2, 0.25) is 0 Å². The Labute approximate surface area is 550 Å². The first-order valence-corrected chi connectivity index (χ1v) is 33.7. The molecule has 16 aromatic rings. The first-order chi connectivity index (χ1) is 42.8. The second kappa shape index (κ2) is 23.1. The van der Waals surface area contributed by atoms with E-state index < -0.39 is 0 Å². The van der Waals surface area contributed by atoms with E-state index in [0.29, 0.717) is 0 Å². The summed E-state index contributed by atoms with van der Waals surface area (Å²) in [6, 6.07) is 96.5. The van der Waals surface area contributed by atoms with Crippen LogP contribution in [0.3, 0.4) is 0 Å². The molecule has 426 valence electrons. The third-order valence-corrected chi connectivity index (χ3v) is 21.6. The molecule has 88 heavy (non-hydrogen) atoms. The van der Waals surface area contributed by atoms with Gasteiger partial charge < -0.3 is 18.4 Å². The smallest absolute Gasteiger partial charge is 0.399 e. The van der Waals surface area contributed by atoms with E-state index in [2.05, 4.69) is 346 Å². The first-order valence-electron chi connectivity index (χ1n) is 29.4. The van der Waals surface area contributed by atoms with Gasteiger partial charge in [0.25, 0.3) is 0 Å². The van der Waals surface area contributed by atoms with Crippen molar-refractivity contribution in [2.45, 2.75) is 38.9 Å². The Balaban J connectivity index is 0.000000131. The van der Waals surface area contributed by atoms with Crippen molar-refractivity contribution < 1.29 is 9.31 Å². The lowest BCUT2D eigenvalue weighted by Crippen LogP contribution is -2.41. The van der Waals surface area contributed by atoms with E-state index in [1.807, 2.05) is 34.8 Å².